The first-order valence-electron chi connectivity index (χ1n) is 4.46. The number of nitrogens with one attached hydrogen (secondary N) is 1. The molecular weight excluding hydrogens is 196 g/mol. The highest BCUT2D eigenvalue weighted by Gasteiger charge is 1.99. The van der Waals surface area contributed by atoms with E-state index in [2.05, 4.69) is 15.3 Å². The summed E-state index contributed by atoms with van der Waals surface area (Å²) < 4.78 is 2.03. The highest BCUT2D eigenvalue weighted by Crippen LogP contribution is 2.09. The molecule has 2 aromatic rings. The van der Waals surface area contributed by atoms with Crippen LogP contribution in [0.4, 0.5) is 5.13 Å². The fourth-order valence-corrected chi connectivity index (χ4v) is 1.79. The van der Waals surface area contributed by atoms with Crippen molar-refractivity contribution in [1.82, 2.24) is 14.5 Å². The van der Waals surface area contributed by atoms with Gasteiger partial charge in [0.05, 0.1) is 0 Å². The molecule has 0 aromatic carbocycles. The number of anilines is 1. The van der Waals surface area contributed by atoms with Gasteiger partial charge in [0, 0.05) is 44.0 Å². The molecule has 0 bridgehead atoms. The Morgan fingerprint density at radius 2 is 2.36 bits per heavy atom. The Morgan fingerprint density at radius 3 is 3.00 bits per heavy atom. The molecule has 0 atom stereocenters. The van der Waals surface area contributed by atoms with Gasteiger partial charge >= 0.3 is 0 Å². The zero-order valence-electron chi connectivity index (χ0n) is 7.97. The van der Waals surface area contributed by atoms with E-state index >= 15 is 0 Å². The van der Waals surface area contributed by atoms with Crippen LogP contribution in [0, 0.1) is 0 Å². The zero-order valence-corrected chi connectivity index (χ0v) is 8.79. The normalized spacial score (nSPS) is 10.4. The fraction of sp³-hybridized carbons (Fsp3) is 0.333. The number of hydrogen-bond donors (Lipinski definition) is 1. The van der Waals surface area contributed by atoms with E-state index in [1.165, 1.54) is 0 Å². The lowest BCUT2D eigenvalue weighted by molar-refractivity contribution is 0.789. The average molecular weight is 208 g/mol. The van der Waals surface area contributed by atoms with Crippen LogP contribution in [0.1, 0.15) is 5.82 Å². The number of aryl methyl sites for hydroxylation is 1. The number of thiazole rings is 1. The van der Waals surface area contributed by atoms with Crippen LogP contribution < -0.4 is 5.32 Å². The van der Waals surface area contributed by atoms with Crippen LogP contribution in [0.2, 0.25) is 0 Å². The van der Waals surface area contributed by atoms with Crippen molar-refractivity contribution in [2.24, 2.45) is 7.05 Å². The maximum atomic E-state index is 4.24. The molecule has 0 unspecified atom stereocenters. The van der Waals surface area contributed by atoms with E-state index in [1.54, 1.807) is 17.5 Å². The minimum atomic E-state index is 0.873. The van der Waals surface area contributed by atoms with Gasteiger partial charge in [-0.3, -0.25) is 0 Å². The van der Waals surface area contributed by atoms with Crippen molar-refractivity contribution in [2.75, 3.05) is 11.9 Å². The van der Waals surface area contributed by atoms with E-state index in [0.29, 0.717) is 0 Å². The Bertz CT molecular complexity index is 379. The minimum Gasteiger partial charge on any atom is -0.361 e. The third kappa shape index (κ3) is 2.11. The molecule has 0 amide bonds. The molecule has 4 nitrogen and oxygen atoms in total. The van der Waals surface area contributed by atoms with Crippen LogP contribution in [-0.4, -0.2) is 21.1 Å². The molecule has 14 heavy (non-hydrogen) atoms. The van der Waals surface area contributed by atoms with E-state index in [4.69, 9.17) is 0 Å². The van der Waals surface area contributed by atoms with Crippen LogP contribution in [-0.2, 0) is 13.5 Å². The van der Waals surface area contributed by atoms with Crippen LogP contribution in [0.5, 0.6) is 0 Å². The minimum absolute atomic E-state index is 0.873. The summed E-state index contributed by atoms with van der Waals surface area (Å²) in [6, 6.07) is 0. The van der Waals surface area contributed by atoms with E-state index in [-0.39, 0.29) is 0 Å². The summed E-state index contributed by atoms with van der Waals surface area (Å²) in [5.41, 5.74) is 0. The van der Waals surface area contributed by atoms with Gasteiger partial charge in [0.2, 0.25) is 0 Å². The Balaban J connectivity index is 1.81. The molecule has 0 spiro atoms. The highest BCUT2D eigenvalue weighted by atomic mass is 32.1. The molecule has 0 aliphatic heterocycles. The van der Waals surface area contributed by atoms with Gasteiger partial charge < -0.3 is 9.88 Å². The zero-order chi connectivity index (χ0) is 9.80. The summed E-state index contributed by atoms with van der Waals surface area (Å²) in [4.78, 5) is 8.38. The van der Waals surface area contributed by atoms with E-state index in [1.807, 2.05) is 29.4 Å². The van der Waals surface area contributed by atoms with Gasteiger partial charge in [-0.25, -0.2) is 9.97 Å². The Labute approximate surface area is 86.6 Å². The van der Waals surface area contributed by atoms with E-state index < -0.39 is 0 Å². The lowest BCUT2D eigenvalue weighted by Gasteiger charge is -2.02. The third-order valence-corrected chi connectivity index (χ3v) is 2.71. The molecule has 0 fully saturated rings. The molecule has 0 saturated heterocycles. The summed E-state index contributed by atoms with van der Waals surface area (Å²) >= 11 is 1.61. The first kappa shape index (κ1) is 9.21. The van der Waals surface area contributed by atoms with Gasteiger partial charge in [-0.15, -0.1) is 11.3 Å². The van der Waals surface area contributed by atoms with E-state index in [9.17, 15) is 0 Å². The van der Waals surface area contributed by atoms with Crippen LogP contribution in [0.3, 0.4) is 0 Å². The maximum Gasteiger partial charge on any atom is 0.182 e. The standard InChI is InChI=1S/C9H12N4S/c1-13-6-4-10-8(13)2-3-11-9-12-5-7-14-9/h4-7H,2-3H2,1H3,(H,11,12). The molecule has 5 heteroatoms. The summed E-state index contributed by atoms with van der Waals surface area (Å²) in [5.74, 6) is 1.09. The van der Waals surface area contributed by atoms with Gasteiger partial charge in [-0.2, -0.15) is 0 Å². The van der Waals surface area contributed by atoms with Crippen molar-refractivity contribution in [1.29, 1.82) is 0 Å². The van der Waals surface area contributed by atoms with Gasteiger partial charge in [0.25, 0.3) is 0 Å². The smallest absolute Gasteiger partial charge is 0.182 e. The van der Waals surface area contributed by atoms with Gasteiger partial charge in [0.1, 0.15) is 5.82 Å². The number of aromatic nitrogens is 3. The Morgan fingerprint density at radius 1 is 1.43 bits per heavy atom. The number of rotatable bonds is 4. The van der Waals surface area contributed by atoms with Crippen molar-refractivity contribution >= 4 is 16.5 Å². The van der Waals surface area contributed by atoms with Crippen molar-refractivity contribution in [3.05, 3.63) is 29.8 Å². The monoisotopic (exact) mass is 208 g/mol. The molecule has 0 aliphatic rings. The van der Waals surface area contributed by atoms with Crippen LogP contribution >= 0.6 is 11.3 Å². The van der Waals surface area contributed by atoms with Gasteiger partial charge in [-0.05, 0) is 0 Å². The quantitative estimate of drug-likeness (QED) is 0.828. The van der Waals surface area contributed by atoms with Gasteiger partial charge in [0.15, 0.2) is 5.13 Å². The molecule has 1 N–H and O–H groups in total. The topological polar surface area (TPSA) is 42.7 Å². The third-order valence-electron chi connectivity index (χ3n) is 1.98. The first-order chi connectivity index (χ1) is 6.86. The second-order valence-corrected chi connectivity index (χ2v) is 3.86. The molecule has 74 valence electrons. The molecule has 2 rings (SSSR count). The molecule has 2 heterocycles. The van der Waals surface area contributed by atoms with Crippen molar-refractivity contribution in [3.8, 4) is 0 Å². The summed E-state index contributed by atoms with van der Waals surface area (Å²) in [7, 11) is 2.01. The fourth-order valence-electron chi connectivity index (χ4n) is 1.23. The average Bonchev–Trinajstić information content (AvgIpc) is 2.78. The lowest BCUT2D eigenvalue weighted by atomic mass is 10.4. The van der Waals surface area contributed by atoms with Gasteiger partial charge in [-0.1, -0.05) is 0 Å². The first-order valence-corrected chi connectivity index (χ1v) is 5.34. The molecule has 2 aromatic heterocycles. The molecule has 0 aliphatic carbocycles. The number of hydrogen-bond acceptors (Lipinski definition) is 4. The summed E-state index contributed by atoms with van der Waals surface area (Å²) in [6.45, 7) is 0.873. The Kier molecular flexibility index (Phi) is 2.78. The Hall–Kier alpha value is -1.36. The SMILES string of the molecule is Cn1ccnc1CCNc1nccs1. The summed E-state index contributed by atoms with van der Waals surface area (Å²) in [5, 5.41) is 6.18. The number of imidazole rings is 1. The van der Waals surface area contributed by atoms with Crippen molar-refractivity contribution in [3.63, 3.8) is 0 Å². The predicted octanol–water partition coefficient (Wildman–Crippen LogP) is 1.53. The highest BCUT2D eigenvalue weighted by molar-refractivity contribution is 7.13. The molecular formula is C9H12N4S. The van der Waals surface area contributed by atoms with Crippen LogP contribution in [0.25, 0.3) is 0 Å². The number of nitrogens with zero attached hydrogens (tertiary/aromatic N) is 3. The molecule has 0 radical (unpaired) electrons. The van der Waals surface area contributed by atoms with Crippen LogP contribution in [0.15, 0.2) is 24.0 Å². The van der Waals surface area contributed by atoms with Crippen molar-refractivity contribution in [2.45, 2.75) is 6.42 Å². The molecule has 0 saturated carbocycles. The largest absolute Gasteiger partial charge is 0.361 e. The maximum absolute atomic E-state index is 4.24. The summed E-state index contributed by atoms with van der Waals surface area (Å²) in [6.07, 6.45) is 6.49. The predicted molar refractivity (Wildman–Crippen MR) is 57.5 cm³/mol. The lowest BCUT2D eigenvalue weighted by Crippen LogP contribution is -2.08. The second kappa shape index (κ2) is 4.23. The van der Waals surface area contributed by atoms with Crippen molar-refractivity contribution < 1.29 is 0 Å². The van der Waals surface area contributed by atoms with E-state index in [0.717, 1.165) is 23.9 Å². The second-order valence-electron chi connectivity index (χ2n) is 2.97.